The minimum atomic E-state index is 0.531. The molecule has 14 heavy (non-hydrogen) atoms. The van der Waals surface area contributed by atoms with Crippen molar-refractivity contribution in [2.45, 2.75) is 66.2 Å². The van der Waals surface area contributed by atoms with E-state index in [-0.39, 0.29) is 0 Å². The van der Waals surface area contributed by atoms with E-state index in [1.807, 2.05) is 13.8 Å². The van der Waals surface area contributed by atoms with Crippen molar-refractivity contribution in [2.75, 3.05) is 0 Å². The molecule has 2 rings (SSSR count). The van der Waals surface area contributed by atoms with Crippen LogP contribution in [0.1, 0.15) is 66.2 Å². The molecule has 0 heterocycles. The first-order valence-corrected chi connectivity index (χ1v) is 6.34. The summed E-state index contributed by atoms with van der Waals surface area (Å²) in [5, 5.41) is 0. The Morgan fingerprint density at radius 1 is 0.929 bits per heavy atom. The van der Waals surface area contributed by atoms with Crippen LogP contribution in [0.15, 0.2) is 12.2 Å². The van der Waals surface area contributed by atoms with Gasteiger partial charge in [0.15, 0.2) is 0 Å². The standard InChI is InChI=1S/C12H20.C2H6/c1-11-7-3-5-9-12(11,2)10-6-4-8-11;1-2/h3,7H,4-6,8-10H2,1-2H3;1-2H3. The summed E-state index contributed by atoms with van der Waals surface area (Å²) in [6.07, 6.45) is 13.4. The SMILES string of the molecule is CC.CC12C=CCCC1(C)CCCC2. The van der Waals surface area contributed by atoms with Crippen LogP contribution in [-0.4, -0.2) is 0 Å². The minimum absolute atomic E-state index is 0.531. The summed E-state index contributed by atoms with van der Waals surface area (Å²) < 4.78 is 0. The molecule has 2 aliphatic rings. The Morgan fingerprint density at radius 3 is 2.21 bits per heavy atom. The van der Waals surface area contributed by atoms with Crippen molar-refractivity contribution in [3.05, 3.63) is 12.2 Å². The summed E-state index contributed by atoms with van der Waals surface area (Å²) in [4.78, 5) is 0. The predicted octanol–water partition coefficient (Wildman–Crippen LogP) is 4.95. The van der Waals surface area contributed by atoms with E-state index in [1.165, 1.54) is 38.5 Å². The molecule has 0 bridgehead atoms. The molecule has 0 aromatic carbocycles. The van der Waals surface area contributed by atoms with Crippen molar-refractivity contribution < 1.29 is 0 Å². The van der Waals surface area contributed by atoms with Crippen LogP contribution < -0.4 is 0 Å². The molecule has 82 valence electrons. The maximum Gasteiger partial charge on any atom is -0.00926 e. The second kappa shape index (κ2) is 4.51. The quantitative estimate of drug-likeness (QED) is 0.479. The van der Waals surface area contributed by atoms with Crippen LogP contribution in [0.2, 0.25) is 0 Å². The maximum absolute atomic E-state index is 2.50. The highest BCUT2D eigenvalue weighted by Gasteiger charge is 2.44. The first-order valence-electron chi connectivity index (χ1n) is 6.34. The molecule has 0 heteroatoms. The van der Waals surface area contributed by atoms with Gasteiger partial charge in [-0.15, -0.1) is 0 Å². The van der Waals surface area contributed by atoms with Gasteiger partial charge in [0, 0.05) is 0 Å². The highest BCUT2D eigenvalue weighted by molar-refractivity contribution is 5.11. The number of allylic oxidation sites excluding steroid dienone is 2. The Bertz CT molecular complexity index is 204. The van der Waals surface area contributed by atoms with E-state index in [2.05, 4.69) is 26.0 Å². The summed E-state index contributed by atoms with van der Waals surface area (Å²) in [6.45, 7) is 8.96. The van der Waals surface area contributed by atoms with E-state index in [9.17, 15) is 0 Å². The van der Waals surface area contributed by atoms with Crippen molar-refractivity contribution in [1.82, 2.24) is 0 Å². The van der Waals surface area contributed by atoms with Gasteiger partial charge in [0.1, 0.15) is 0 Å². The molecule has 1 fully saturated rings. The topological polar surface area (TPSA) is 0 Å². The third-order valence-corrected chi connectivity index (χ3v) is 4.40. The van der Waals surface area contributed by atoms with Gasteiger partial charge in [-0.25, -0.2) is 0 Å². The van der Waals surface area contributed by atoms with Gasteiger partial charge in [-0.2, -0.15) is 0 Å². The average molecular weight is 194 g/mol. The van der Waals surface area contributed by atoms with Crippen molar-refractivity contribution in [2.24, 2.45) is 10.8 Å². The summed E-state index contributed by atoms with van der Waals surface area (Å²) in [6, 6.07) is 0. The molecular weight excluding hydrogens is 168 g/mol. The van der Waals surface area contributed by atoms with Gasteiger partial charge in [-0.1, -0.05) is 52.7 Å². The first-order chi connectivity index (χ1) is 6.66. The zero-order chi connectivity index (χ0) is 10.7. The molecule has 0 aromatic rings. The fourth-order valence-electron chi connectivity index (χ4n) is 3.04. The lowest BCUT2D eigenvalue weighted by molar-refractivity contribution is 0.0442. The van der Waals surface area contributed by atoms with Crippen LogP contribution in [0.4, 0.5) is 0 Å². The molecule has 1 saturated carbocycles. The number of rotatable bonds is 0. The highest BCUT2D eigenvalue weighted by Crippen LogP contribution is 2.55. The van der Waals surface area contributed by atoms with Crippen LogP contribution in [-0.2, 0) is 0 Å². The van der Waals surface area contributed by atoms with Crippen LogP contribution in [0, 0.1) is 10.8 Å². The molecule has 0 aliphatic heterocycles. The Kier molecular flexibility index (Phi) is 3.80. The zero-order valence-electron chi connectivity index (χ0n) is 10.4. The monoisotopic (exact) mass is 194 g/mol. The molecule has 0 amide bonds. The molecule has 0 radical (unpaired) electrons. The van der Waals surface area contributed by atoms with E-state index >= 15 is 0 Å². The van der Waals surface area contributed by atoms with Gasteiger partial charge in [0.2, 0.25) is 0 Å². The molecule has 2 atom stereocenters. The summed E-state index contributed by atoms with van der Waals surface area (Å²) in [5.41, 5.74) is 1.16. The van der Waals surface area contributed by atoms with E-state index in [4.69, 9.17) is 0 Å². The Hall–Kier alpha value is -0.260. The van der Waals surface area contributed by atoms with Gasteiger partial charge in [0.25, 0.3) is 0 Å². The smallest absolute Gasteiger partial charge is 0.00926 e. The second-order valence-corrected chi connectivity index (χ2v) is 5.13. The summed E-state index contributed by atoms with van der Waals surface area (Å²) in [7, 11) is 0. The Labute approximate surface area is 89.8 Å². The van der Waals surface area contributed by atoms with E-state index in [0.29, 0.717) is 10.8 Å². The Morgan fingerprint density at radius 2 is 1.57 bits per heavy atom. The second-order valence-electron chi connectivity index (χ2n) is 5.13. The lowest BCUT2D eigenvalue weighted by Gasteiger charge is -2.51. The van der Waals surface area contributed by atoms with E-state index in [0.717, 1.165) is 0 Å². The van der Waals surface area contributed by atoms with Gasteiger partial charge in [-0.05, 0) is 36.5 Å². The van der Waals surface area contributed by atoms with Gasteiger partial charge < -0.3 is 0 Å². The molecule has 0 spiro atoms. The van der Waals surface area contributed by atoms with Crippen LogP contribution >= 0.6 is 0 Å². The molecule has 0 N–H and O–H groups in total. The van der Waals surface area contributed by atoms with Crippen LogP contribution in [0.25, 0.3) is 0 Å². The van der Waals surface area contributed by atoms with Crippen molar-refractivity contribution in [3.8, 4) is 0 Å². The predicted molar refractivity (Wildman–Crippen MR) is 64.4 cm³/mol. The van der Waals surface area contributed by atoms with Gasteiger partial charge in [-0.3, -0.25) is 0 Å². The highest BCUT2D eigenvalue weighted by atomic mass is 14.5. The average Bonchev–Trinajstić information content (AvgIpc) is 2.21. The van der Waals surface area contributed by atoms with Crippen molar-refractivity contribution >= 4 is 0 Å². The first kappa shape index (κ1) is 11.8. The normalized spacial score (nSPS) is 40.9. The summed E-state index contributed by atoms with van der Waals surface area (Å²) >= 11 is 0. The van der Waals surface area contributed by atoms with Crippen LogP contribution in [0.3, 0.4) is 0 Å². The number of hydrogen-bond acceptors (Lipinski definition) is 0. The molecule has 2 aliphatic carbocycles. The van der Waals surface area contributed by atoms with Gasteiger partial charge in [0.05, 0.1) is 0 Å². The zero-order valence-corrected chi connectivity index (χ0v) is 10.4. The van der Waals surface area contributed by atoms with Crippen molar-refractivity contribution in [1.29, 1.82) is 0 Å². The maximum atomic E-state index is 2.50. The Balaban J connectivity index is 0.000000461. The molecule has 0 saturated heterocycles. The minimum Gasteiger partial charge on any atom is -0.0879 e. The van der Waals surface area contributed by atoms with Crippen LogP contribution in [0.5, 0.6) is 0 Å². The number of hydrogen-bond donors (Lipinski definition) is 0. The fourth-order valence-corrected chi connectivity index (χ4v) is 3.04. The van der Waals surface area contributed by atoms with Crippen molar-refractivity contribution in [3.63, 3.8) is 0 Å². The molecular formula is C14H26. The van der Waals surface area contributed by atoms with E-state index in [1.54, 1.807) is 0 Å². The molecule has 2 unspecified atom stereocenters. The lowest BCUT2D eigenvalue weighted by Crippen LogP contribution is -2.40. The third kappa shape index (κ3) is 1.89. The van der Waals surface area contributed by atoms with Gasteiger partial charge >= 0.3 is 0 Å². The number of fused-ring (bicyclic) bond motifs is 1. The largest absolute Gasteiger partial charge is 0.0879 e. The molecule has 0 aromatic heterocycles. The lowest BCUT2D eigenvalue weighted by atomic mass is 9.54. The fraction of sp³-hybridized carbons (Fsp3) is 0.857. The third-order valence-electron chi connectivity index (χ3n) is 4.40. The summed E-state index contributed by atoms with van der Waals surface area (Å²) in [5.74, 6) is 0. The van der Waals surface area contributed by atoms with E-state index < -0.39 is 0 Å². The molecule has 0 nitrogen and oxygen atoms in total.